The van der Waals surface area contributed by atoms with E-state index in [9.17, 15) is 28.0 Å². The van der Waals surface area contributed by atoms with E-state index in [1.807, 2.05) is 0 Å². The van der Waals surface area contributed by atoms with Crippen LogP contribution >= 0.6 is 11.6 Å². The minimum absolute atomic E-state index is 0.139. The van der Waals surface area contributed by atoms with Gasteiger partial charge in [0.15, 0.2) is 5.75 Å². The van der Waals surface area contributed by atoms with Crippen molar-refractivity contribution in [2.45, 2.75) is 18.2 Å². The Morgan fingerprint density at radius 2 is 1.83 bits per heavy atom. The predicted octanol–water partition coefficient (Wildman–Crippen LogP) is 5.12. The lowest BCUT2D eigenvalue weighted by Gasteiger charge is -2.09. The molecule has 0 bridgehead atoms. The van der Waals surface area contributed by atoms with Gasteiger partial charge in [0, 0.05) is 10.4 Å². The smallest absolute Gasteiger partial charge is 0.339 e. The summed E-state index contributed by atoms with van der Waals surface area (Å²) in [5.41, 5.74) is -0.146. The number of halogens is 1. The Bertz CT molecular complexity index is 1270. The molecule has 10 heteroatoms. The summed E-state index contributed by atoms with van der Waals surface area (Å²) in [6.45, 7) is 1.80. The van der Waals surface area contributed by atoms with Gasteiger partial charge in [-0.25, -0.2) is 4.79 Å². The highest BCUT2D eigenvalue weighted by molar-refractivity contribution is 7.86. The number of carboxylic acids is 1. The first-order valence-electron chi connectivity index (χ1n) is 8.33. The van der Waals surface area contributed by atoms with Crippen LogP contribution in [-0.2, 0) is 16.5 Å². The van der Waals surface area contributed by atoms with Crippen molar-refractivity contribution >= 4 is 49.8 Å². The summed E-state index contributed by atoms with van der Waals surface area (Å²) >= 11 is 6.03. The fourth-order valence-electron chi connectivity index (χ4n) is 2.83. The van der Waals surface area contributed by atoms with E-state index in [1.165, 1.54) is 12.1 Å². The lowest BCUT2D eigenvalue weighted by atomic mass is 10.0. The van der Waals surface area contributed by atoms with Gasteiger partial charge in [-0.05, 0) is 35.6 Å². The van der Waals surface area contributed by atoms with Gasteiger partial charge in [0.05, 0.1) is 0 Å². The van der Waals surface area contributed by atoms with Gasteiger partial charge in [-0.3, -0.25) is 4.55 Å². The van der Waals surface area contributed by atoms with E-state index in [4.69, 9.17) is 11.6 Å². The molecule has 0 aliphatic heterocycles. The normalized spacial score (nSPS) is 12.0. The van der Waals surface area contributed by atoms with Gasteiger partial charge < -0.3 is 10.2 Å². The van der Waals surface area contributed by atoms with E-state index >= 15 is 0 Å². The fourth-order valence-corrected chi connectivity index (χ4v) is 3.82. The summed E-state index contributed by atoms with van der Waals surface area (Å²) in [6, 6.07) is 10.3. The monoisotopic (exact) mass is 434 g/mol. The number of hydrogen-bond acceptors (Lipinski definition) is 6. The molecule has 8 nitrogen and oxygen atoms in total. The average molecular weight is 435 g/mol. The van der Waals surface area contributed by atoms with Crippen molar-refractivity contribution in [3.05, 3.63) is 58.6 Å². The van der Waals surface area contributed by atoms with Crippen molar-refractivity contribution in [3.63, 3.8) is 0 Å². The lowest BCUT2D eigenvalue weighted by molar-refractivity contribution is 0.0694. The summed E-state index contributed by atoms with van der Waals surface area (Å²) in [4.78, 5) is 10.9. The quantitative estimate of drug-likeness (QED) is 0.376. The summed E-state index contributed by atoms with van der Waals surface area (Å²) < 4.78 is 32.9. The Kier molecular flexibility index (Phi) is 5.56. The zero-order valence-electron chi connectivity index (χ0n) is 15.0. The molecule has 29 heavy (non-hydrogen) atoms. The fraction of sp³-hybridized carbons (Fsp3) is 0.105. The molecule has 0 spiro atoms. The summed E-state index contributed by atoms with van der Waals surface area (Å²) in [5, 5.41) is 28.6. The number of phenols is 1. The Balaban J connectivity index is 2.27. The van der Waals surface area contributed by atoms with Crippen LogP contribution in [0, 0.1) is 0 Å². The first-order valence-corrected chi connectivity index (χ1v) is 10.1. The number of benzene rings is 3. The van der Waals surface area contributed by atoms with Crippen LogP contribution in [0.25, 0.3) is 10.8 Å². The van der Waals surface area contributed by atoms with Crippen LogP contribution in [0.4, 0.5) is 11.4 Å². The number of aryl methyl sites for hydroxylation is 1. The van der Waals surface area contributed by atoms with E-state index < -0.39 is 26.7 Å². The molecule has 0 aliphatic carbocycles. The van der Waals surface area contributed by atoms with Crippen molar-refractivity contribution < 1.29 is 28.0 Å². The van der Waals surface area contributed by atoms with Crippen molar-refractivity contribution in [1.82, 2.24) is 0 Å². The number of nitrogens with zero attached hydrogens (tertiary/aromatic N) is 2. The molecule has 0 saturated carbocycles. The SMILES string of the molecule is CCc1cc(N=Nc2c(O)c(C(=O)O)cc3ccccc23)c(S(=O)(=O)O)cc1Cl. The minimum Gasteiger partial charge on any atom is -0.505 e. The summed E-state index contributed by atoms with van der Waals surface area (Å²) in [7, 11) is -4.65. The van der Waals surface area contributed by atoms with Crippen molar-refractivity contribution in [2.24, 2.45) is 10.2 Å². The van der Waals surface area contributed by atoms with Gasteiger partial charge in [-0.1, -0.05) is 42.8 Å². The molecule has 3 aromatic carbocycles. The number of hydrogen-bond donors (Lipinski definition) is 3. The molecule has 0 fully saturated rings. The molecular formula is C19H15ClN2O6S. The van der Waals surface area contributed by atoms with Crippen LogP contribution in [0.3, 0.4) is 0 Å². The van der Waals surface area contributed by atoms with E-state index in [0.29, 0.717) is 22.8 Å². The Labute approximate surface area is 170 Å². The lowest BCUT2D eigenvalue weighted by Crippen LogP contribution is -2.00. The first-order chi connectivity index (χ1) is 13.6. The maximum absolute atomic E-state index is 11.7. The van der Waals surface area contributed by atoms with Crippen LogP contribution < -0.4 is 0 Å². The Morgan fingerprint density at radius 1 is 1.14 bits per heavy atom. The maximum atomic E-state index is 11.7. The highest BCUT2D eigenvalue weighted by atomic mass is 35.5. The minimum atomic E-state index is -4.65. The maximum Gasteiger partial charge on any atom is 0.339 e. The van der Waals surface area contributed by atoms with Gasteiger partial charge >= 0.3 is 5.97 Å². The number of carboxylic acid groups (broad SMARTS) is 1. The first kappa shape index (κ1) is 20.7. The van der Waals surface area contributed by atoms with Crippen LogP contribution in [0.1, 0.15) is 22.8 Å². The summed E-state index contributed by atoms with van der Waals surface area (Å²) in [5.74, 6) is -1.97. The van der Waals surface area contributed by atoms with E-state index in [1.54, 1.807) is 31.2 Å². The Morgan fingerprint density at radius 3 is 2.45 bits per heavy atom. The van der Waals surface area contributed by atoms with E-state index in [-0.39, 0.29) is 22.0 Å². The third-order valence-electron chi connectivity index (χ3n) is 4.27. The standard InChI is InChI=1S/C19H15ClN2O6S/c1-2-10-8-15(16(9-14(10)20)29(26,27)28)21-22-17-12-6-4-3-5-11(12)7-13(18(17)23)19(24)25/h3-9,23H,2H2,1H3,(H,24,25)(H,26,27,28). The number of rotatable bonds is 5. The number of fused-ring (bicyclic) bond motifs is 1. The van der Waals surface area contributed by atoms with E-state index in [2.05, 4.69) is 10.2 Å². The highest BCUT2D eigenvalue weighted by Gasteiger charge is 2.20. The number of carbonyl (C=O) groups is 1. The molecule has 0 amide bonds. The second-order valence-corrected chi connectivity index (χ2v) is 7.88. The van der Waals surface area contributed by atoms with Crippen molar-refractivity contribution in [3.8, 4) is 5.75 Å². The molecule has 3 N–H and O–H groups in total. The summed E-state index contributed by atoms with van der Waals surface area (Å²) in [6.07, 6.45) is 0.468. The third kappa shape index (κ3) is 4.07. The molecule has 150 valence electrons. The average Bonchev–Trinajstić information content (AvgIpc) is 2.66. The predicted molar refractivity (Wildman–Crippen MR) is 107 cm³/mol. The highest BCUT2D eigenvalue weighted by Crippen LogP contribution is 2.40. The topological polar surface area (TPSA) is 137 Å². The number of aromatic hydroxyl groups is 1. The van der Waals surface area contributed by atoms with Gasteiger partial charge in [-0.15, -0.1) is 10.2 Å². The van der Waals surface area contributed by atoms with Crippen molar-refractivity contribution in [2.75, 3.05) is 0 Å². The van der Waals surface area contributed by atoms with E-state index in [0.717, 1.165) is 6.07 Å². The molecule has 0 atom stereocenters. The second-order valence-electron chi connectivity index (χ2n) is 6.09. The van der Waals surface area contributed by atoms with Crippen molar-refractivity contribution in [1.29, 1.82) is 0 Å². The molecule has 0 radical (unpaired) electrons. The molecule has 0 saturated heterocycles. The molecular weight excluding hydrogens is 420 g/mol. The molecule has 0 aliphatic rings. The van der Waals surface area contributed by atoms with Gasteiger partial charge in [0.2, 0.25) is 0 Å². The molecule has 3 rings (SSSR count). The van der Waals surface area contributed by atoms with Crippen LogP contribution in [-0.4, -0.2) is 29.2 Å². The van der Waals surface area contributed by atoms with Gasteiger partial charge in [0.25, 0.3) is 10.1 Å². The van der Waals surface area contributed by atoms with Crippen LogP contribution in [0.2, 0.25) is 5.02 Å². The Hall–Kier alpha value is -3.01. The molecule has 0 unspecified atom stereocenters. The number of azo groups is 1. The van der Waals surface area contributed by atoms with Gasteiger partial charge in [-0.2, -0.15) is 8.42 Å². The van der Waals surface area contributed by atoms with Gasteiger partial charge in [0.1, 0.15) is 21.8 Å². The van der Waals surface area contributed by atoms with Crippen LogP contribution in [0.5, 0.6) is 5.75 Å². The van der Waals surface area contributed by atoms with Crippen LogP contribution in [0.15, 0.2) is 57.6 Å². The third-order valence-corrected chi connectivity index (χ3v) is 5.50. The zero-order chi connectivity index (χ0) is 21.3. The zero-order valence-corrected chi connectivity index (χ0v) is 16.6. The second kappa shape index (κ2) is 7.78. The molecule has 0 heterocycles. The largest absolute Gasteiger partial charge is 0.505 e. The molecule has 3 aromatic rings. The number of aromatic carboxylic acids is 1. The molecule has 0 aromatic heterocycles.